The summed E-state index contributed by atoms with van der Waals surface area (Å²) < 4.78 is 0. The van der Waals surface area contributed by atoms with Gasteiger partial charge in [-0.25, -0.2) is 0 Å². The second kappa shape index (κ2) is 7.20. The van der Waals surface area contributed by atoms with Crippen LogP contribution in [0.2, 0.25) is 0 Å². The lowest BCUT2D eigenvalue weighted by atomic mass is 10.1. The third-order valence-electron chi connectivity index (χ3n) is 4.26. The van der Waals surface area contributed by atoms with Crippen LogP contribution in [0.3, 0.4) is 0 Å². The SMILES string of the molecule is CN(C)CC=CC(=O)N[C@@H]1CC[C@@H](N2CCCC2)[C@@H]1O. The van der Waals surface area contributed by atoms with Crippen molar-refractivity contribution in [2.75, 3.05) is 33.7 Å². The van der Waals surface area contributed by atoms with E-state index >= 15 is 0 Å². The smallest absolute Gasteiger partial charge is 0.244 e. The second-order valence-electron chi connectivity index (χ2n) is 6.16. The van der Waals surface area contributed by atoms with Gasteiger partial charge in [0.25, 0.3) is 0 Å². The highest BCUT2D eigenvalue weighted by molar-refractivity contribution is 5.87. The van der Waals surface area contributed by atoms with Crippen LogP contribution in [0, 0.1) is 0 Å². The van der Waals surface area contributed by atoms with E-state index < -0.39 is 6.10 Å². The van der Waals surface area contributed by atoms with Crippen molar-refractivity contribution in [3.8, 4) is 0 Å². The molecule has 2 aliphatic rings. The fourth-order valence-corrected chi connectivity index (χ4v) is 3.19. The van der Waals surface area contributed by atoms with Crippen molar-refractivity contribution in [1.29, 1.82) is 0 Å². The van der Waals surface area contributed by atoms with E-state index in [-0.39, 0.29) is 18.0 Å². The molecule has 0 bridgehead atoms. The van der Waals surface area contributed by atoms with Gasteiger partial charge in [0.1, 0.15) is 0 Å². The van der Waals surface area contributed by atoms with Crippen molar-refractivity contribution in [3.05, 3.63) is 12.2 Å². The van der Waals surface area contributed by atoms with Crippen molar-refractivity contribution < 1.29 is 9.90 Å². The minimum absolute atomic E-state index is 0.0991. The van der Waals surface area contributed by atoms with Gasteiger partial charge >= 0.3 is 0 Å². The molecule has 0 radical (unpaired) electrons. The van der Waals surface area contributed by atoms with Gasteiger partial charge in [-0.15, -0.1) is 0 Å². The summed E-state index contributed by atoms with van der Waals surface area (Å²) in [6, 6.07) is 0.130. The Morgan fingerprint density at radius 2 is 2.05 bits per heavy atom. The highest BCUT2D eigenvalue weighted by atomic mass is 16.3. The molecule has 1 aliphatic carbocycles. The molecule has 2 fully saturated rings. The summed E-state index contributed by atoms with van der Waals surface area (Å²) in [7, 11) is 3.92. The number of rotatable bonds is 5. The van der Waals surface area contributed by atoms with Gasteiger partial charge in [0.15, 0.2) is 0 Å². The van der Waals surface area contributed by atoms with Gasteiger partial charge in [0.2, 0.25) is 5.91 Å². The van der Waals surface area contributed by atoms with E-state index in [9.17, 15) is 9.90 Å². The monoisotopic (exact) mass is 281 g/mol. The summed E-state index contributed by atoms with van der Waals surface area (Å²) in [5, 5.41) is 13.3. The minimum Gasteiger partial charge on any atom is -0.389 e. The molecular formula is C15H27N3O2. The largest absolute Gasteiger partial charge is 0.389 e. The quantitative estimate of drug-likeness (QED) is 0.707. The first kappa shape index (κ1) is 15.5. The predicted molar refractivity (Wildman–Crippen MR) is 79.5 cm³/mol. The number of hydrogen-bond acceptors (Lipinski definition) is 4. The molecule has 2 N–H and O–H groups in total. The molecule has 20 heavy (non-hydrogen) atoms. The lowest BCUT2D eigenvalue weighted by Crippen LogP contribution is -2.47. The maximum Gasteiger partial charge on any atom is 0.244 e. The van der Waals surface area contributed by atoms with E-state index in [0.29, 0.717) is 0 Å². The Morgan fingerprint density at radius 3 is 2.70 bits per heavy atom. The zero-order valence-corrected chi connectivity index (χ0v) is 12.6. The maximum absolute atomic E-state index is 11.8. The van der Waals surface area contributed by atoms with Crippen LogP contribution < -0.4 is 5.32 Å². The Kier molecular flexibility index (Phi) is 5.57. The fraction of sp³-hybridized carbons (Fsp3) is 0.800. The van der Waals surface area contributed by atoms with Gasteiger partial charge in [-0.1, -0.05) is 6.08 Å². The van der Waals surface area contributed by atoms with Crippen molar-refractivity contribution in [2.24, 2.45) is 0 Å². The van der Waals surface area contributed by atoms with E-state index in [0.717, 1.165) is 32.5 Å². The first-order valence-corrected chi connectivity index (χ1v) is 7.62. The number of aliphatic hydroxyl groups is 1. The molecule has 0 aromatic rings. The molecule has 0 unspecified atom stereocenters. The van der Waals surface area contributed by atoms with Gasteiger partial charge < -0.3 is 15.3 Å². The van der Waals surface area contributed by atoms with E-state index in [1.807, 2.05) is 25.1 Å². The summed E-state index contributed by atoms with van der Waals surface area (Å²) in [5.74, 6) is -0.0991. The van der Waals surface area contributed by atoms with E-state index in [4.69, 9.17) is 0 Å². The summed E-state index contributed by atoms with van der Waals surface area (Å²) in [6.07, 6.45) is 7.29. The Bertz CT molecular complexity index is 351. The summed E-state index contributed by atoms with van der Waals surface area (Å²) >= 11 is 0. The van der Waals surface area contributed by atoms with E-state index in [1.54, 1.807) is 6.08 Å². The van der Waals surface area contributed by atoms with Crippen molar-refractivity contribution in [3.63, 3.8) is 0 Å². The molecule has 0 spiro atoms. The Hall–Kier alpha value is -0.910. The van der Waals surface area contributed by atoms with Crippen LogP contribution in [0.5, 0.6) is 0 Å². The van der Waals surface area contributed by atoms with Gasteiger partial charge in [-0.05, 0) is 52.9 Å². The third kappa shape index (κ3) is 4.04. The van der Waals surface area contributed by atoms with Crippen molar-refractivity contribution >= 4 is 5.91 Å². The first-order chi connectivity index (χ1) is 9.58. The topological polar surface area (TPSA) is 55.8 Å². The van der Waals surface area contributed by atoms with Gasteiger partial charge in [-0.2, -0.15) is 0 Å². The molecule has 1 aliphatic heterocycles. The van der Waals surface area contributed by atoms with Crippen LogP contribution in [-0.4, -0.2) is 72.7 Å². The van der Waals surface area contributed by atoms with Crippen LogP contribution in [-0.2, 0) is 4.79 Å². The molecule has 0 aromatic heterocycles. The van der Waals surface area contributed by atoms with Crippen molar-refractivity contribution in [2.45, 2.75) is 43.9 Å². The fourth-order valence-electron chi connectivity index (χ4n) is 3.19. The maximum atomic E-state index is 11.8. The Labute approximate surface area is 121 Å². The average Bonchev–Trinajstić information content (AvgIpc) is 3.00. The zero-order chi connectivity index (χ0) is 14.5. The Balaban J connectivity index is 1.79. The van der Waals surface area contributed by atoms with E-state index in [1.165, 1.54) is 12.8 Å². The molecule has 2 rings (SSSR count). The van der Waals surface area contributed by atoms with Crippen LogP contribution in [0.4, 0.5) is 0 Å². The molecule has 5 heteroatoms. The number of likely N-dealkylation sites (N-methyl/N-ethyl adjacent to an activating group) is 1. The van der Waals surface area contributed by atoms with Crippen LogP contribution >= 0.6 is 0 Å². The van der Waals surface area contributed by atoms with Crippen LogP contribution in [0.15, 0.2) is 12.2 Å². The van der Waals surface area contributed by atoms with Gasteiger partial charge in [0.05, 0.1) is 12.1 Å². The third-order valence-corrected chi connectivity index (χ3v) is 4.26. The molecule has 1 saturated carbocycles. The van der Waals surface area contributed by atoms with Gasteiger partial charge in [0, 0.05) is 18.7 Å². The molecule has 114 valence electrons. The number of aliphatic hydroxyl groups excluding tert-OH is 1. The average molecular weight is 281 g/mol. The highest BCUT2D eigenvalue weighted by Crippen LogP contribution is 2.27. The number of amides is 1. The number of carbonyl (C=O) groups excluding carboxylic acids is 1. The first-order valence-electron chi connectivity index (χ1n) is 7.62. The molecule has 0 aromatic carbocycles. The molecule has 1 heterocycles. The second-order valence-corrected chi connectivity index (χ2v) is 6.16. The Morgan fingerprint density at radius 1 is 1.35 bits per heavy atom. The minimum atomic E-state index is -0.431. The normalized spacial score (nSPS) is 31.5. The summed E-state index contributed by atoms with van der Waals surface area (Å²) in [4.78, 5) is 16.2. The molecule has 1 saturated heterocycles. The lowest BCUT2D eigenvalue weighted by Gasteiger charge is -2.28. The van der Waals surface area contributed by atoms with E-state index in [2.05, 4.69) is 10.2 Å². The zero-order valence-electron chi connectivity index (χ0n) is 12.6. The highest BCUT2D eigenvalue weighted by Gasteiger charge is 2.39. The number of nitrogens with one attached hydrogen (secondary N) is 1. The predicted octanol–water partition coefficient (Wildman–Crippen LogP) is 0.208. The standard InChI is InChI=1S/C15H27N3O2/c1-17(2)9-5-6-14(19)16-12-7-8-13(15(12)20)18-10-3-4-11-18/h5-6,12-13,15,20H,3-4,7-11H2,1-2H3,(H,16,19)/t12-,13-,15-/m1/s1. The molecular weight excluding hydrogens is 254 g/mol. The number of carbonyl (C=O) groups is 1. The van der Waals surface area contributed by atoms with Gasteiger partial charge in [-0.3, -0.25) is 9.69 Å². The molecule has 5 nitrogen and oxygen atoms in total. The number of hydrogen-bond donors (Lipinski definition) is 2. The van der Waals surface area contributed by atoms with Crippen molar-refractivity contribution in [1.82, 2.24) is 15.1 Å². The summed E-state index contributed by atoms with van der Waals surface area (Å²) in [5.41, 5.74) is 0. The molecule has 3 atom stereocenters. The lowest BCUT2D eigenvalue weighted by molar-refractivity contribution is -0.118. The number of likely N-dealkylation sites (tertiary alicyclic amines) is 1. The number of nitrogens with zero attached hydrogens (tertiary/aromatic N) is 2. The van der Waals surface area contributed by atoms with Crippen LogP contribution in [0.25, 0.3) is 0 Å². The summed E-state index contributed by atoms with van der Waals surface area (Å²) in [6.45, 7) is 2.92. The van der Waals surface area contributed by atoms with Crippen LogP contribution in [0.1, 0.15) is 25.7 Å². The molecule has 1 amide bonds.